The first-order valence-corrected chi connectivity index (χ1v) is 11.4. The highest BCUT2D eigenvalue weighted by atomic mass is 19.1. The molecule has 3 aromatic carbocycles. The highest BCUT2D eigenvalue weighted by molar-refractivity contribution is 6.22. The van der Waals surface area contributed by atoms with E-state index in [0.717, 1.165) is 4.90 Å². The zero-order chi connectivity index (χ0) is 26.5. The van der Waals surface area contributed by atoms with Crippen LogP contribution < -0.4 is 24.4 Å². The maximum absolute atomic E-state index is 13.5. The number of benzene rings is 3. The van der Waals surface area contributed by atoms with Crippen LogP contribution in [0.1, 0.15) is 12.0 Å². The number of nitrogens with one attached hydrogen (secondary N) is 1. The normalized spacial score (nSPS) is 15.1. The van der Waals surface area contributed by atoms with Crippen molar-refractivity contribution in [2.24, 2.45) is 0 Å². The van der Waals surface area contributed by atoms with E-state index in [1.807, 2.05) is 0 Å². The van der Waals surface area contributed by atoms with E-state index in [9.17, 15) is 18.8 Å². The van der Waals surface area contributed by atoms with Gasteiger partial charge in [0.2, 0.25) is 5.91 Å². The van der Waals surface area contributed by atoms with Crippen LogP contribution >= 0.6 is 0 Å². The van der Waals surface area contributed by atoms with Crippen molar-refractivity contribution in [2.45, 2.75) is 19.0 Å². The van der Waals surface area contributed by atoms with Gasteiger partial charge in [-0.1, -0.05) is 12.1 Å². The molecule has 0 saturated carbocycles. The van der Waals surface area contributed by atoms with Gasteiger partial charge < -0.3 is 24.4 Å². The number of nitrogens with zero attached hydrogens (tertiary/aromatic N) is 2. The van der Waals surface area contributed by atoms with Gasteiger partial charge in [0.15, 0.2) is 11.5 Å². The molecule has 4 amide bonds. The molecule has 0 spiro atoms. The van der Waals surface area contributed by atoms with E-state index in [-0.39, 0.29) is 13.0 Å². The van der Waals surface area contributed by atoms with Gasteiger partial charge in [-0.25, -0.2) is 14.1 Å². The van der Waals surface area contributed by atoms with Crippen LogP contribution in [0.25, 0.3) is 0 Å². The number of urea groups is 1. The number of amides is 4. The first-order chi connectivity index (χ1) is 17.8. The highest BCUT2D eigenvalue weighted by Crippen LogP contribution is 2.33. The van der Waals surface area contributed by atoms with E-state index in [4.69, 9.17) is 14.2 Å². The summed E-state index contributed by atoms with van der Waals surface area (Å²) in [6.07, 6.45) is -0.296. The van der Waals surface area contributed by atoms with Crippen molar-refractivity contribution in [3.63, 3.8) is 0 Å². The molecular weight excluding hydrogens is 481 g/mol. The van der Waals surface area contributed by atoms with Gasteiger partial charge in [-0.3, -0.25) is 9.59 Å². The maximum Gasteiger partial charge on any atom is 0.332 e. The lowest BCUT2D eigenvalue weighted by Gasteiger charge is -2.22. The maximum atomic E-state index is 13.5. The van der Waals surface area contributed by atoms with Crippen LogP contribution in [0.4, 0.5) is 20.6 Å². The molecule has 0 aliphatic carbocycles. The molecule has 4 rings (SSSR count). The molecule has 1 aliphatic heterocycles. The Morgan fingerprint density at radius 1 is 0.919 bits per heavy atom. The molecule has 9 nitrogen and oxygen atoms in total. The molecule has 1 saturated heterocycles. The summed E-state index contributed by atoms with van der Waals surface area (Å²) >= 11 is 0. The molecule has 1 aliphatic rings. The summed E-state index contributed by atoms with van der Waals surface area (Å²) in [6, 6.07) is 15.3. The first kappa shape index (κ1) is 25.5. The number of hydrogen-bond donors (Lipinski definition) is 1. The fourth-order valence-electron chi connectivity index (χ4n) is 4.10. The molecule has 3 aromatic rings. The predicted octanol–water partition coefficient (Wildman–Crippen LogP) is 4.22. The SMILES string of the molecule is COc1cccc(N2C(=O)C(CC(=O)Nc3ccc(F)cc3)N(Cc3ccc(OC)c(OC)c3)C2=O)c1. The monoisotopic (exact) mass is 507 g/mol. The fourth-order valence-corrected chi connectivity index (χ4v) is 4.10. The van der Waals surface area contributed by atoms with Crippen LogP contribution in [0.5, 0.6) is 17.2 Å². The Labute approximate surface area is 213 Å². The minimum Gasteiger partial charge on any atom is -0.497 e. The Morgan fingerprint density at radius 2 is 1.65 bits per heavy atom. The molecule has 0 radical (unpaired) electrons. The molecule has 1 atom stereocenters. The molecule has 37 heavy (non-hydrogen) atoms. The van der Waals surface area contributed by atoms with Gasteiger partial charge in [-0.15, -0.1) is 0 Å². The van der Waals surface area contributed by atoms with E-state index in [1.54, 1.807) is 42.5 Å². The van der Waals surface area contributed by atoms with Crippen LogP contribution in [0, 0.1) is 5.82 Å². The lowest BCUT2D eigenvalue weighted by atomic mass is 10.1. The predicted molar refractivity (Wildman–Crippen MR) is 134 cm³/mol. The van der Waals surface area contributed by atoms with Gasteiger partial charge in [0.1, 0.15) is 17.6 Å². The quantitative estimate of drug-likeness (QED) is 0.436. The zero-order valence-corrected chi connectivity index (χ0v) is 20.6. The second-order valence-electron chi connectivity index (χ2n) is 8.25. The van der Waals surface area contributed by atoms with Gasteiger partial charge >= 0.3 is 6.03 Å². The molecule has 0 bridgehead atoms. The van der Waals surface area contributed by atoms with Gasteiger partial charge in [-0.05, 0) is 54.1 Å². The largest absolute Gasteiger partial charge is 0.497 e. The van der Waals surface area contributed by atoms with Crippen molar-refractivity contribution in [1.29, 1.82) is 0 Å². The van der Waals surface area contributed by atoms with Crippen molar-refractivity contribution in [2.75, 3.05) is 31.5 Å². The van der Waals surface area contributed by atoms with Crippen LogP contribution in [-0.2, 0) is 16.1 Å². The Balaban J connectivity index is 1.64. The number of carbonyl (C=O) groups is 3. The first-order valence-electron chi connectivity index (χ1n) is 11.4. The van der Waals surface area contributed by atoms with Crippen LogP contribution in [0.2, 0.25) is 0 Å². The number of hydrogen-bond acceptors (Lipinski definition) is 6. The number of halogens is 1. The van der Waals surface area contributed by atoms with Crippen molar-refractivity contribution in [3.8, 4) is 17.2 Å². The summed E-state index contributed by atoms with van der Waals surface area (Å²) in [5.74, 6) is -0.0290. The van der Waals surface area contributed by atoms with E-state index in [2.05, 4.69) is 5.32 Å². The molecule has 1 unspecified atom stereocenters. The summed E-state index contributed by atoms with van der Waals surface area (Å²) in [6.45, 7) is 0.0416. The van der Waals surface area contributed by atoms with Crippen LogP contribution in [0.3, 0.4) is 0 Å². The lowest BCUT2D eigenvalue weighted by Crippen LogP contribution is -2.37. The minimum atomic E-state index is -1.08. The van der Waals surface area contributed by atoms with Gasteiger partial charge in [-0.2, -0.15) is 0 Å². The van der Waals surface area contributed by atoms with E-state index in [0.29, 0.717) is 34.2 Å². The summed E-state index contributed by atoms with van der Waals surface area (Å²) in [5.41, 5.74) is 1.38. The van der Waals surface area contributed by atoms with Gasteiger partial charge in [0, 0.05) is 18.3 Å². The number of imide groups is 1. The van der Waals surface area contributed by atoms with Crippen LogP contribution in [-0.4, -0.2) is 50.1 Å². The number of methoxy groups -OCH3 is 3. The third kappa shape index (κ3) is 5.48. The van der Waals surface area contributed by atoms with Gasteiger partial charge in [0.05, 0.1) is 33.4 Å². The van der Waals surface area contributed by atoms with Crippen molar-refractivity contribution >= 4 is 29.2 Å². The second-order valence-corrected chi connectivity index (χ2v) is 8.25. The highest BCUT2D eigenvalue weighted by Gasteiger charge is 2.46. The minimum absolute atomic E-state index is 0.0416. The second kappa shape index (κ2) is 11.0. The topological polar surface area (TPSA) is 97.4 Å². The smallest absolute Gasteiger partial charge is 0.332 e. The summed E-state index contributed by atoms with van der Waals surface area (Å²) in [5, 5.41) is 2.65. The third-order valence-electron chi connectivity index (χ3n) is 5.94. The average Bonchev–Trinajstić information content (AvgIpc) is 3.13. The molecule has 1 fully saturated rings. The van der Waals surface area contributed by atoms with E-state index >= 15 is 0 Å². The number of carbonyl (C=O) groups excluding carboxylic acids is 3. The molecule has 1 heterocycles. The number of ether oxygens (including phenoxy) is 3. The standard InChI is InChI=1S/C27H26FN3O6/c1-35-21-6-4-5-20(14-21)31-26(33)22(15-25(32)29-19-10-8-18(28)9-11-19)30(27(31)34)16-17-7-12-23(36-2)24(13-17)37-3/h4-14,22H,15-16H2,1-3H3,(H,29,32). The fraction of sp³-hybridized carbons (Fsp3) is 0.222. The Morgan fingerprint density at radius 3 is 2.32 bits per heavy atom. The third-order valence-corrected chi connectivity index (χ3v) is 5.94. The van der Waals surface area contributed by atoms with Crippen LogP contribution in [0.15, 0.2) is 66.7 Å². The lowest BCUT2D eigenvalue weighted by molar-refractivity contribution is -0.124. The molecule has 192 valence electrons. The summed E-state index contributed by atoms with van der Waals surface area (Å²) in [4.78, 5) is 42.3. The molecule has 10 heteroatoms. The van der Waals surface area contributed by atoms with Crippen molar-refractivity contribution in [3.05, 3.63) is 78.1 Å². The zero-order valence-electron chi connectivity index (χ0n) is 20.6. The summed E-state index contributed by atoms with van der Waals surface area (Å²) < 4.78 is 29.1. The summed E-state index contributed by atoms with van der Waals surface area (Å²) in [7, 11) is 4.50. The van der Waals surface area contributed by atoms with E-state index in [1.165, 1.54) is 50.5 Å². The molecular formula is C27H26FN3O6. The van der Waals surface area contributed by atoms with E-state index < -0.39 is 29.7 Å². The van der Waals surface area contributed by atoms with Crippen molar-refractivity contribution in [1.82, 2.24) is 4.90 Å². The number of anilines is 2. The van der Waals surface area contributed by atoms with Crippen molar-refractivity contribution < 1.29 is 33.0 Å². The van der Waals surface area contributed by atoms with Gasteiger partial charge in [0.25, 0.3) is 5.91 Å². The number of rotatable bonds is 9. The average molecular weight is 508 g/mol. The molecule has 1 N–H and O–H groups in total. The Hall–Kier alpha value is -4.60. The Bertz CT molecular complexity index is 1310. The molecule has 0 aromatic heterocycles. The Kier molecular flexibility index (Phi) is 7.57.